The normalized spacial score (nSPS) is 10.8. The van der Waals surface area contributed by atoms with Gasteiger partial charge in [-0.3, -0.25) is 4.79 Å². The Bertz CT molecular complexity index is 533. The largest absolute Gasteiger partial charge is 0.478 e. The number of anilines is 1. The molecule has 0 bridgehead atoms. The molecule has 0 aliphatic heterocycles. The first-order valence-corrected chi connectivity index (χ1v) is 4.96. The number of carboxylic acid groups (broad SMARTS) is 2. The number of carboxylic acids is 2. The van der Waals surface area contributed by atoms with Crippen LogP contribution in [-0.2, 0) is 9.59 Å². The first kappa shape index (κ1) is 13.4. The van der Waals surface area contributed by atoms with Crippen molar-refractivity contribution < 1.29 is 24.6 Å². The van der Waals surface area contributed by atoms with Crippen LogP contribution < -0.4 is 5.32 Å². The number of hydrogen-bond donors (Lipinski definition) is 3. The summed E-state index contributed by atoms with van der Waals surface area (Å²) in [7, 11) is 0. The van der Waals surface area contributed by atoms with Gasteiger partial charge in [0.05, 0.1) is 5.56 Å². The molecule has 0 spiro atoms. The molecule has 0 radical (unpaired) electrons. The second kappa shape index (κ2) is 5.62. The van der Waals surface area contributed by atoms with Crippen LogP contribution in [0.25, 0.3) is 0 Å². The topological polar surface area (TPSA) is 104 Å². The van der Waals surface area contributed by atoms with E-state index in [2.05, 4.69) is 5.32 Å². The zero-order chi connectivity index (χ0) is 13.7. The van der Waals surface area contributed by atoms with E-state index in [1.807, 2.05) is 0 Å². The van der Waals surface area contributed by atoms with Crippen molar-refractivity contribution in [3.63, 3.8) is 0 Å². The number of benzene rings is 1. The molecule has 0 unspecified atom stereocenters. The molecular weight excluding hydrogens is 238 g/mol. The van der Waals surface area contributed by atoms with Gasteiger partial charge in [-0.05, 0) is 25.1 Å². The molecule has 0 aliphatic rings. The Labute approximate surface area is 103 Å². The Morgan fingerprint density at radius 1 is 1.22 bits per heavy atom. The summed E-state index contributed by atoms with van der Waals surface area (Å²) in [6.07, 6.45) is 0.774. The van der Waals surface area contributed by atoms with E-state index in [4.69, 9.17) is 10.2 Å². The minimum atomic E-state index is -1.22. The zero-order valence-electron chi connectivity index (χ0n) is 9.51. The van der Waals surface area contributed by atoms with E-state index in [-0.39, 0.29) is 16.8 Å². The number of hydrogen-bond acceptors (Lipinski definition) is 3. The van der Waals surface area contributed by atoms with E-state index in [0.717, 1.165) is 6.08 Å². The quantitative estimate of drug-likeness (QED) is 0.699. The van der Waals surface area contributed by atoms with Gasteiger partial charge in [0, 0.05) is 17.3 Å². The molecule has 18 heavy (non-hydrogen) atoms. The fourth-order valence-electron chi connectivity index (χ4n) is 1.21. The summed E-state index contributed by atoms with van der Waals surface area (Å²) in [4.78, 5) is 32.6. The van der Waals surface area contributed by atoms with E-state index < -0.39 is 17.8 Å². The average molecular weight is 249 g/mol. The van der Waals surface area contributed by atoms with Crippen LogP contribution in [0.5, 0.6) is 0 Å². The third kappa shape index (κ3) is 3.75. The molecule has 0 saturated carbocycles. The van der Waals surface area contributed by atoms with Crippen molar-refractivity contribution in [1.82, 2.24) is 0 Å². The Hall–Kier alpha value is -2.63. The van der Waals surface area contributed by atoms with Crippen LogP contribution in [0.15, 0.2) is 35.9 Å². The lowest BCUT2D eigenvalue weighted by atomic mass is 10.2. The van der Waals surface area contributed by atoms with E-state index in [9.17, 15) is 14.4 Å². The number of carbonyl (C=O) groups excluding carboxylic acids is 1. The van der Waals surface area contributed by atoms with Crippen LogP contribution in [0.1, 0.15) is 17.3 Å². The second-order valence-corrected chi connectivity index (χ2v) is 3.51. The van der Waals surface area contributed by atoms with Crippen molar-refractivity contribution >= 4 is 23.5 Å². The summed E-state index contributed by atoms with van der Waals surface area (Å²) in [6.45, 7) is 1.35. The minimum absolute atomic E-state index is 0.0169. The van der Waals surface area contributed by atoms with Gasteiger partial charge in [-0.15, -0.1) is 0 Å². The van der Waals surface area contributed by atoms with Crippen molar-refractivity contribution in [3.05, 3.63) is 41.5 Å². The van der Waals surface area contributed by atoms with Crippen LogP contribution in [0.3, 0.4) is 0 Å². The molecule has 1 amide bonds. The minimum Gasteiger partial charge on any atom is -0.478 e. The van der Waals surface area contributed by atoms with Gasteiger partial charge in [0.1, 0.15) is 0 Å². The molecule has 0 aliphatic carbocycles. The molecule has 0 fully saturated rings. The third-order valence-corrected chi connectivity index (χ3v) is 2.07. The Kier molecular flexibility index (Phi) is 4.20. The lowest BCUT2D eigenvalue weighted by Crippen LogP contribution is -2.14. The highest BCUT2D eigenvalue weighted by Gasteiger charge is 2.08. The summed E-state index contributed by atoms with van der Waals surface area (Å²) in [5.41, 5.74) is 0.342. The Balaban J connectivity index is 2.85. The van der Waals surface area contributed by atoms with E-state index in [1.165, 1.54) is 31.2 Å². The smallest absolute Gasteiger partial charge is 0.335 e. The number of carbonyl (C=O) groups is 3. The molecule has 6 nitrogen and oxygen atoms in total. The maximum Gasteiger partial charge on any atom is 0.335 e. The number of aromatic carboxylic acids is 1. The SMILES string of the molecule is C/C(=C\C(=O)O)C(=O)Nc1cccc(C(=O)O)c1. The predicted octanol–water partition coefficient (Wildman–Crippen LogP) is 1.35. The Morgan fingerprint density at radius 3 is 2.44 bits per heavy atom. The third-order valence-electron chi connectivity index (χ3n) is 2.07. The highest BCUT2D eigenvalue weighted by atomic mass is 16.4. The fraction of sp³-hybridized carbons (Fsp3) is 0.0833. The van der Waals surface area contributed by atoms with Gasteiger partial charge in [-0.25, -0.2) is 9.59 Å². The summed E-state index contributed by atoms with van der Waals surface area (Å²) < 4.78 is 0. The van der Waals surface area contributed by atoms with Crippen molar-refractivity contribution in [2.24, 2.45) is 0 Å². The summed E-state index contributed by atoms with van der Waals surface area (Å²) >= 11 is 0. The molecule has 3 N–H and O–H groups in total. The van der Waals surface area contributed by atoms with Crippen LogP contribution >= 0.6 is 0 Å². The number of amides is 1. The molecule has 94 valence electrons. The number of rotatable bonds is 4. The monoisotopic (exact) mass is 249 g/mol. The molecule has 0 saturated heterocycles. The van der Waals surface area contributed by atoms with Crippen molar-refractivity contribution in [1.29, 1.82) is 0 Å². The highest BCUT2D eigenvalue weighted by molar-refractivity contribution is 6.06. The molecule has 0 heterocycles. The summed E-state index contributed by atoms with van der Waals surface area (Å²) in [5.74, 6) is -2.93. The molecule has 0 aromatic heterocycles. The van der Waals surface area contributed by atoms with Crippen LogP contribution in [0, 0.1) is 0 Å². The molecule has 6 heteroatoms. The maximum atomic E-state index is 11.5. The van der Waals surface area contributed by atoms with Gasteiger partial charge in [0.15, 0.2) is 0 Å². The summed E-state index contributed by atoms with van der Waals surface area (Å²) in [6, 6.07) is 5.67. The molecule has 1 aromatic carbocycles. The standard InChI is InChI=1S/C12H11NO5/c1-7(5-10(14)15)11(16)13-9-4-2-3-8(6-9)12(17)18/h2-6H,1H3,(H,13,16)(H,14,15)(H,17,18)/b7-5+. The van der Waals surface area contributed by atoms with Crippen molar-refractivity contribution in [3.8, 4) is 0 Å². The Morgan fingerprint density at radius 2 is 1.89 bits per heavy atom. The van der Waals surface area contributed by atoms with Crippen molar-refractivity contribution in [2.45, 2.75) is 6.92 Å². The second-order valence-electron chi connectivity index (χ2n) is 3.51. The van der Waals surface area contributed by atoms with E-state index in [1.54, 1.807) is 0 Å². The lowest BCUT2D eigenvalue weighted by Gasteiger charge is -2.05. The first-order valence-electron chi connectivity index (χ1n) is 4.96. The van der Waals surface area contributed by atoms with Gasteiger partial charge in [-0.1, -0.05) is 6.07 Å². The van der Waals surface area contributed by atoms with Gasteiger partial charge in [0.25, 0.3) is 5.91 Å². The van der Waals surface area contributed by atoms with Gasteiger partial charge >= 0.3 is 11.9 Å². The average Bonchev–Trinajstić information content (AvgIpc) is 2.28. The zero-order valence-corrected chi connectivity index (χ0v) is 9.51. The molecule has 1 rings (SSSR count). The van der Waals surface area contributed by atoms with E-state index in [0.29, 0.717) is 0 Å². The van der Waals surface area contributed by atoms with Gasteiger partial charge in [0.2, 0.25) is 0 Å². The van der Waals surface area contributed by atoms with Crippen LogP contribution in [0.2, 0.25) is 0 Å². The van der Waals surface area contributed by atoms with Gasteiger partial charge < -0.3 is 15.5 Å². The maximum absolute atomic E-state index is 11.5. The predicted molar refractivity (Wildman–Crippen MR) is 63.4 cm³/mol. The van der Waals surface area contributed by atoms with Crippen molar-refractivity contribution in [2.75, 3.05) is 5.32 Å². The molecule has 0 atom stereocenters. The fourth-order valence-corrected chi connectivity index (χ4v) is 1.21. The number of nitrogens with one attached hydrogen (secondary N) is 1. The number of aliphatic carboxylic acids is 1. The van der Waals surface area contributed by atoms with E-state index >= 15 is 0 Å². The molecular formula is C12H11NO5. The highest BCUT2D eigenvalue weighted by Crippen LogP contribution is 2.11. The summed E-state index contributed by atoms with van der Waals surface area (Å²) in [5, 5.41) is 19.7. The lowest BCUT2D eigenvalue weighted by molar-refractivity contribution is -0.131. The molecule has 1 aromatic rings. The van der Waals surface area contributed by atoms with Crippen LogP contribution in [-0.4, -0.2) is 28.1 Å². The first-order chi connectivity index (χ1) is 8.40. The van der Waals surface area contributed by atoms with Crippen LogP contribution in [0.4, 0.5) is 5.69 Å². The van der Waals surface area contributed by atoms with Gasteiger partial charge in [-0.2, -0.15) is 0 Å².